The van der Waals surface area contributed by atoms with E-state index in [1.54, 1.807) is 30.3 Å². The summed E-state index contributed by atoms with van der Waals surface area (Å²) in [5, 5.41) is 22.6. The van der Waals surface area contributed by atoms with Crippen LogP contribution in [0, 0.1) is 5.82 Å². The standard InChI is InChI=1S/C32H20FN3O4S2/c33-23-14-5-4-13-22(23)27-26(28(37)25-16-19-9-2-6-15-24(19)40-25)29(38)30(39)36(27)31-34-35-32(42-31)41-17-20-11-7-10-18-8-1-3-12-21(18)20/h1-16,27,38H,17H2. The van der Waals surface area contributed by atoms with E-state index < -0.39 is 29.3 Å². The average Bonchev–Trinajstić information content (AvgIpc) is 3.72. The summed E-state index contributed by atoms with van der Waals surface area (Å²) in [6.45, 7) is 0. The van der Waals surface area contributed by atoms with Gasteiger partial charge in [-0.3, -0.25) is 14.5 Å². The fourth-order valence-electron chi connectivity index (χ4n) is 5.17. The van der Waals surface area contributed by atoms with Crippen molar-refractivity contribution >= 4 is 61.7 Å². The Hall–Kier alpha value is -4.80. The van der Waals surface area contributed by atoms with E-state index in [4.69, 9.17) is 4.42 Å². The second kappa shape index (κ2) is 10.6. The van der Waals surface area contributed by atoms with Crippen molar-refractivity contribution in [1.82, 2.24) is 10.2 Å². The van der Waals surface area contributed by atoms with Crippen molar-refractivity contribution in [3.63, 3.8) is 0 Å². The molecular formula is C32H20FN3O4S2. The van der Waals surface area contributed by atoms with E-state index in [1.807, 2.05) is 24.3 Å². The maximum absolute atomic E-state index is 15.2. The third-order valence-corrected chi connectivity index (χ3v) is 9.24. The predicted octanol–water partition coefficient (Wildman–Crippen LogP) is 7.65. The molecule has 10 heteroatoms. The van der Waals surface area contributed by atoms with E-state index >= 15 is 4.39 Å². The first kappa shape index (κ1) is 26.1. The zero-order valence-electron chi connectivity index (χ0n) is 21.7. The van der Waals surface area contributed by atoms with Crippen LogP contribution in [0.5, 0.6) is 0 Å². The molecule has 0 saturated heterocycles. The van der Waals surface area contributed by atoms with Crippen molar-refractivity contribution in [3.05, 3.63) is 131 Å². The number of aliphatic hydroxyl groups is 1. The number of hydrogen-bond acceptors (Lipinski definition) is 8. The monoisotopic (exact) mass is 593 g/mol. The minimum Gasteiger partial charge on any atom is -0.503 e. The molecular weight excluding hydrogens is 574 g/mol. The first-order valence-corrected chi connectivity index (χ1v) is 14.8. The fraction of sp³-hybridized carbons (Fsp3) is 0.0625. The Kier molecular flexibility index (Phi) is 6.56. The number of amides is 1. The molecule has 2 aromatic heterocycles. The highest BCUT2D eigenvalue weighted by Crippen LogP contribution is 2.45. The molecule has 0 spiro atoms. The number of ketones is 1. The lowest BCUT2D eigenvalue weighted by Crippen LogP contribution is -2.31. The van der Waals surface area contributed by atoms with Crippen LogP contribution in [0.15, 0.2) is 117 Å². The molecule has 3 heterocycles. The van der Waals surface area contributed by atoms with Gasteiger partial charge in [-0.2, -0.15) is 0 Å². The number of halogens is 1. The Balaban J connectivity index is 1.24. The van der Waals surface area contributed by atoms with Gasteiger partial charge in [0, 0.05) is 16.7 Å². The topological polar surface area (TPSA) is 96.5 Å². The highest BCUT2D eigenvalue weighted by Gasteiger charge is 2.47. The maximum atomic E-state index is 15.2. The van der Waals surface area contributed by atoms with Crippen molar-refractivity contribution in [2.24, 2.45) is 0 Å². The van der Waals surface area contributed by atoms with Gasteiger partial charge in [-0.15, -0.1) is 10.2 Å². The number of aliphatic hydroxyl groups excluding tert-OH is 1. The summed E-state index contributed by atoms with van der Waals surface area (Å²) in [7, 11) is 0. The fourth-order valence-corrected chi connectivity index (χ4v) is 7.04. The first-order valence-electron chi connectivity index (χ1n) is 13.0. The molecule has 1 aliphatic heterocycles. The maximum Gasteiger partial charge on any atom is 0.296 e. The second-order valence-electron chi connectivity index (χ2n) is 9.62. The van der Waals surface area contributed by atoms with E-state index in [-0.39, 0.29) is 22.0 Å². The number of carbonyl (C=O) groups is 2. The number of benzene rings is 4. The zero-order valence-corrected chi connectivity index (χ0v) is 23.4. The van der Waals surface area contributed by atoms with Crippen LogP contribution >= 0.6 is 23.1 Å². The van der Waals surface area contributed by atoms with E-state index in [1.165, 1.54) is 36.0 Å². The van der Waals surface area contributed by atoms with Crippen LogP contribution in [0.25, 0.3) is 21.7 Å². The third kappa shape index (κ3) is 4.45. The molecule has 1 N–H and O–H groups in total. The van der Waals surface area contributed by atoms with Gasteiger partial charge in [0.05, 0.1) is 5.57 Å². The summed E-state index contributed by atoms with van der Waals surface area (Å²) >= 11 is 2.58. The van der Waals surface area contributed by atoms with Crippen molar-refractivity contribution in [2.45, 2.75) is 16.1 Å². The molecule has 0 fully saturated rings. The Labute approximate surface area is 246 Å². The van der Waals surface area contributed by atoms with Crippen LogP contribution in [0.4, 0.5) is 9.52 Å². The molecule has 0 aliphatic carbocycles. The number of carbonyl (C=O) groups excluding carboxylic acids is 2. The van der Waals surface area contributed by atoms with Crippen molar-refractivity contribution in [3.8, 4) is 0 Å². The van der Waals surface area contributed by atoms with E-state index in [0.717, 1.165) is 32.6 Å². The summed E-state index contributed by atoms with van der Waals surface area (Å²) in [6.07, 6.45) is 0. The minimum absolute atomic E-state index is 0.0366. The van der Waals surface area contributed by atoms with Gasteiger partial charge >= 0.3 is 0 Å². The molecule has 4 aromatic carbocycles. The number of thioether (sulfide) groups is 1. The lowest BCUT2D eigenvalue weighted by Gasteiger charge is -2.24. The molecule has 0 radical (unpaired) electrons. The first-order chi connectivity index (χ1) is 20.5. The number of hydrogen-bond donors (Lipinski definition) is 1. The number of Topliss-reactive ketones (excluding diaryl/α,β-unsaturated/α-hetero) is 1. The number of furan rings is 1. The van der Waals surface area contributed by atoms with Gasteiger partial charge in [0.15, 0.2) is 15.9 Å². The second-order valence-corrected chi connectivity index (χ2v) is 11.8. The summed E-state index contributed by atoms with van der Waals surface area (Å²) < 4.78 is 21.5. The minimum atomic E-state index is -1.27. The number of fused-ring (bicyclic) bond motifs is 2. The quantitative estimate of drug-likeness (QED) is 0.115. The normalized spacial score (nSPS) is 15.3. The Morgan fingerprint density at radius 3 is 2.52 bits per heavy atom. The molecule has 6 aromatic rings. The molecule has 1 atom stereocenters. The van der Waals surface area contributed by atoms with Gasteiger partial charge in [-0.25, -0.2) is 4.39 Å². The highest BCUT2D eigenvalue weighted by molar-refractivity contribution is 8.00. The van der Waals surface area contributed by atoms with Crippen LogP contribution < -0.4 is 4.90 Å². The van der Waals surface area contributed by atoms with E-state index in [2.05, 4.69) is 28.4 Å². The highest BCUT2D eigenvalue weighted by atomic mass is 32.2. The smallest absolute Gasteiger partial charge is 0.296 e. The van der Waals surface area contributed by atoms with Crippen molar-refractivity contribution < 1.29 is 23.5 Å². The summed E-state index contributed by atoms with van der Waals surface area (Å²) in [5.41, 5.74) is 1.34. The lowest BCUT2D eigenvalue weighted by atomic mass is 9.95. The van der Waals surface area contributed by atoms with Crippen LogP contribution in [0.2, 0.25) is 0 Å². The molecule has 1 amide bonds. The molecule has 1 aliphatic rings. The molecule has 7 rings (SSSR count). The number of aromatic nitrogens is 2. The number of nitrogens with zero attached hydrogens (tertiary/aromatic N) is 3. The van der Waals surface area contributed by atoms with Crippen molar-refractivity contribution in [1.29, 1.82) is 0 Å². The molecule has 7 nitrogen and oxygen atoms in total. The van der Waals surface area contributed by atoms with Gasteiger partial charge in [-0.1, -0.05) is 102 Å². The SMILES string of the molecule is O=C(C1=C(O)C(=O)N(c2nnc(SCc3cccc4ccccc34)s2)C1c1ccccc1F)c1cc2ccccc2o1. The molecule has 42 heavy (non-hydrogen) atoms. The summed E-state index contributed by atoms with van der Waals surface area (Å²) in [5.74, 6) is -2.47. The van der Waals surface area contributed by atoms with Gasteiger partial charge in [0.2, 0.25) is 10.9 Å². The molecule has 0 saturated carbocycles. The Bertz CT molecular complexity index is 2010. The third-order valence-electron chi connectivity index (χ3n) is 7.13. The van der Waals surface area contributed by atoms with Gasteiger partial charge in [0.25, 0.3) is 5.91 Å². The Morgan fingerprint density at radius 2 is 1.69 bits per heavy atom. The summed E-state index contributed by atoms with van der Waals surface area (Å²) in [6, 6.07) is 27.4. The number of anilines is 1. The molecule has 1 unspecified atom stereocenters. The predicted molar refractivity (Wildman–Crippen MR) is 160 cm³/mol. The van der Waals surface area contributed by atoms with Gasteiger partial charge in [-0.05, 0) is 34.5 Å². The van der Waals surface area contributed by atoms with Crippen molar-refractivity contribution in [2.75, 3.05) is 4.90 Å². The zero-order chi connectivity index (χ0) is 28.8. The van der Waals surface area contributed by atoms with Gasteiger partial charge in [0.1, 0.15) is 17.4 Å². The van der Waals surface area contributed by atoms with Crippen LogP contribution in [0.1, 0.15) is 27.7 Å². The van der Waals surface area contributed by atoms with Crippen LogP contribution in [-0.2, 0) is 10.5 Å². The average molecular weight is 594 g/mol. The lowest BCUT2D eigenvalue weighted by molar-refractivity contribution is -0.117. The Morgan fingerprint density at radius 1 is 0.952 bits per heavy atom. The number of para-hydroxylation sites is 1. The molecule has 0 bridgehead atoms. The van der Waals surface area contributed by atoms with Gasteiger partial charge < -0.3 is 9.52 Å². The van der Waals surface area contributed by atoms with Crippen LogP contribution in [0.3, 0.4) is 0 Å². The summed E-state index contributed by atoms with van der Waals surface area (Å²) in [4.78, 5) is 28.4. The largest absolute Gasteiger partial charge is 0.503 e. The van der Waals surface area contributed by atoms with E-state index in [9.17, 15) is 14.7 Å². The van der Waals surface area contributed by atoms with E-state index in [0.29, 0.717) is 21.1 Å². The van der Waals surface area contributed by atoms with Crippen LogP contribution in [-0.4, -0.2) is 27.0 Å². The number of rotatable bonds is 7. The molecule has 206 valence electrons.